The van der Waals surface area contributed by atoms with Crippen molar-refractivity contribution < 1.29 is 32.2 Å². The lowest BCUT2D eigenvalue weighted by Gasteiger charge is -2.11. The van der Waals surface area contributed by atoms with E-state index in [2.05, 4.69) is 10.1 Å². The van der Waals surface area contributed by atoms with E-state index in [-0.39, 0.29) is 23.9 Å². The molecule has 0 radical (unpaired) electrons. The van der Waals surface area contributed by atoms with Gasteiger partial charge in [0.25, 0.3) is 5.91 Å². The number of hydrogen-bond acceptors (Lipinski definition) is 5. The van der Waals surface area contributed by atoms with E-state index in [1.807, 2.05) is 31.2 Å². The van der Waals surface area contributed by atoms with Gasteiger partial charge in [0, 0.05) is 11.8 Å². The number of furan rings is 1. The molecule has 0 saturated heterocycles. The predicted molar refractivity (Wildman–Crippen MR) is 102 cm³/mol. The van der Waals surface area contributed by atoms with E-state index < -0.39 is 12.5 Å². The number of alkyl halides is 2. The zero-order valence-electron chi connectivity index (χ0n) is 15.8. The van der Waals surface area contributed by atoms with Gasteiger partial charge >= 0.3 is 6.61 Å². The van der Waals surface area contributed by atoms with Crippen LogP contribution in [-0.4, -0.2) is 19.6 Å². The number of methoxy groups -OCH3 is 1. The van der Waals surface area contributed by atoms with Crippen molar-refractivity contribution in [1.82, 2.24) is 0 Å². The van der Waals surface area contributed by atoms with E-state index in [0.717, 1.165) is 5.56 Å². The highest BCUT2D eigenvalue weighted by atomic mass is 19.3. The van der Waals surface area contributed by atoms with Crippen molar-refractivity contribution in [2.75, 3.05) is 12.4 Å². The van der Waals surface area contributed by atoms with Crippen LogP contribution in [0.1, 0.15) is 21.9 Å². The summed E-state index contributed by atoms with van der Waals surface area (Å²) in [6, 6.07) is 14.8. The van der Waals surface area contributed by atoms with Gasteiger partial charge in [-0.1, -0.05) is 12.1 Å². The highest BCUT2D eigenvalue weighted by Gasteiger charge is 2.15. The van der Waals surface area contributed by atoms with Gasteiger partial charge < -0.3 is 23.9 Å². The Morgan fingerprint density at radius 2 is 1.93 bits per heavy atom. The minimum atomic E-state index is -2.98. The molecule has 0 unspecified atom stereocenters. The van der Waals surface area contributed by atoms with Crippen LogP contribution in [-0.2, 0) is 6.61 Å². The Bertz CT molecular complexity index is 987. The average molecular weight is 403 g/mol. The van der Waals surface area contributed by atoms with Crippen molar-refractivity contribution in [1.29, 1.82) is 0 Å². The average Bonchev–Trinajstić information content (AvgIpc) is 3.16. The van der Waals surface area contributed by atoms with Crippen LogP contribution in [0.25, 0.3) is 0 Å². The summed E-state index contributed by atoms with van der Waals surface area (Å²) in [6.07, 6.45) is 0. The van der Waals surface area contributed by atoms with Gasteiger partial charge in [-0.05, 0) is 48.9 Å². The quantitative estimate of drug-likeness (QED) is 0.571. The van der Waals surface area contributed by atoms with E-state index in [1.165, 1.54) is 31.4 Å². The molecule has 3 aromatic rings. The van der Waals surface area contributed by atoms with Gasteiger partial charge in [-0.25, -0.2) is 0 Å². The standard InChI is InChI=1S/C21H19F2NO5/c1-13-4-3-5-15(10-13)27-12-16-7-9-18(28-16)20(25)24-14-6-8-17(29-21(22)23)19(11-14)26-2/h3-11,21H,12H2,1-2H3,(H,24,25). The van der Waals surface area contributed by atoms with Gasteiger partial charge in [0.05, 0.1) is 7.11 Å². The molecule has 0 spiro atoms. The first-order valence-corrected chi connectivity index (χ1v) is 8.67. The Morgan fingerprint density at radius 1 is 1.10 bits per heavy atom. The van der Waals surface area contributed by atoms with Gasteiger partial charge in [0.15, 0.2) is 17.3 Å². The molecule has 6 nitrogen and oxygen atoms in total. The number of ether oxygens (including phenoxy) is 3. The number of amides is 1. The van der Waals surface area contributed by atoms with Gasteiger partial charge in [0.2, 0.25) is 0 Å². The fourth-order valence-electron chi connectivity index (χ4n) is 2.57. The number of aryl methyl sites for hydroxylation is 1. The maximum absolute atomic E-state index is 12.4. The Hall–Kier alpha value is -3.55. The van der Waals surface area contributed by atoms with Crippen LogP contribution in [0.2, 0.25) is 0 Å². The van der Waals surface area contributed by atoms with Crippen molar-refractivity contribution in [2.24, 2.45) is 0 Å². The molecule has 29 heavy (non-hydrogen) atoms. The summed E-state index contributed by atoms with van der Waals surface area (Å²) in [7, 11) is 1.31. The third kappa shape index (κ3) is 5.47. The zero-order chi connectivity index (χ0) is 20.8. The van der Waals surface area contributed by atoms with Crippen LogP contribution >= 0.6 is 0 Å². The number of halogens is 2. The first-order chi connectivity index (χ1) is 13.9. The summed E-state index contributed by atoms with van der Waals surface area (Å²) in [4.78, 5) is 12.4. The number of hydrogen-bond donors (Lipinski definition) is 1. The third-order valence-electron chi connectivity index (χ3n) is 3.89. The second kappa shape index (κ2) is 9.09. The summed E-state index contributed by atoms with van der Waals surface area (Å²) in [5.74, 6) is 0.695. The molecule has 0 fully saturated rings. The Morgan fingerprint density at radius 3 is 2.66 bits per heavy atom. The van der Waals surface area contributed by atoms with Crippen LogP contribution in [0.3, 0.4) is 0 Å². The number of benzene rings is 2. The van der Waals surface area contributed by atoms with Crippen LogP contribution in [0, 0.1) is 6.92 Å². The molecule has 152 valence electrons. The van der Waals surface area contributed by atoms with Gasteiger partial charge in [-0.2, -0.15) is 8.78 Å². The molecule has 1 amide bonds. The molecular formula is C21H19F2NO5. The smallest absolute Gasteiger partial charge is 0.387 e. The topological polar surface area (TPSA) is 69.9 Å². The van der Waals surface area contributed by atoms with Crippen LogP contribution in [0.5, 0.6) is 17.2 Å². The summed E-state index contributed by atoms with van der Waals surface area (Å²) in [6.45, 7) is -0.846. The lowest BCUT2D eigenvalue weighted by molar-refractivity contribution is -0.0512. The van der Waals surface area contributed by atoms with Crippen molar-refractivity contribution in [3.63, 3.8) is 0 Å². The van der Waals surface area contributed by atoms with E-state index >= 15 is 0 Å². The minimum Gasteiger partial charge on any atom is -0.493 e. The maximum atomic E-state index is 12.4. The van der Waals surface area contributed by atoms with E-state index in [9.17, 15) is 13.6 Å². The molecule has 0 saturated carbocycles. The fourth-order valence-corrected chi connectivity index (χ4v) is 2.57. The molecule has 8 heteroatoms. The number of anilines is 1. The number of nitrogens with one attached hydrogen (secondary N) is 1. The normalized spacial score (nSPS) is 10.7. The van der Waals surface area contributed by atoms with Crippen molar-refractivity contribution in [3.8, 4) is 17.2 Å². The third-order valence-corrected chi connectivity index (χ3v) is 3.89. The summed E-state index contributed by atoms with van der Waals surface area (Å²) in [5, 5.41) is 2.61. The monoisotopic (exact) mass is 403 g/mol. The lowest BCUT2D eigenvalue weighted by Crippen LogP contribution is -2.11. The lowest BCUT2D eigenvalue weighted by atomic mass is 10.2. The fraction of sp³-hybridized carbons (Fsp3) is 0.190. The maximum Gasteiger partial charge on any atom is 0.387 e. The molecule has 0 bridgehead atoms. The van der Waals surface area contributed by atoms with Gasteiger partial charge in [-0.3, -0.25) is 4.79 Å². The predicted octanol–water partition coefficient (Wildman–Crippen LogP) is 5.03. The summed E-state index contributed by atoms with van der Waals surface area (Å²) >= 11 is 0. The molecule has 1 heterocycles. The van der Waals surface area contributed by atoms with Crippen LogP contribution < -0.4 is 19.5 Å². The minimum absolute atomic E-state index is 0.0646. The van der Waals surface area contributed by atoms with Crippen molar-refractivity contribution in [2.45, 2.75) is 20.1 Å². The summed E-state index contributed by atoms with van der Waals surface area (Å²) in [5.41, 5.74) is 1.41. The molecule has 0 aliphatic carbocycles. The number of rotatable bonds is 8. The molecule has 0 atom stereocenters. The highest BCUT2D eigenvalue weighted by Crippen LogP contribution is 2.31. The first kappa shape index (κ1) is 20.2. The number of carbonyl (C=O) groups excluding carboxylic acids is 1. The molecule has 2 aromatic carbocycles. The molecular weight excluding hydrogens is 384 g/mol. The van der Waals surface area contributed by atoms with E-state index in [1.54, 1.807) is 6.07 Å². The molecule has 0 aliphatic heterocycles. The SMILES string of the molecule is COc1cc(NC(=O)c2ccc(COc3cccc(C)c3)o2)ccc1OC(F)F. The van der Waals surface area contributed by atoms with E-state index in [4.69, 9.17) is 13.9 Å². The first-order valence-electron chi connectivity index (χ1n) is 8.67. The Kier molecular flexibility index (Phi) is 6.33. The summed E-state index contributed by atoms with van der Waals surface area (Å²) < 4.78 is 45.3. The second-order valence-electron chi connectivity index (χ2n) is 6.07. The van der Waals surface area contributed by atoms with Gasteiger partial charge in [-0.15, -0.1) is 0 Å². The zero-order valence-corrected chi connectivity index (χ0v) is 15.8. The van der Waals surface area contributed by atoms with E-state index in [0.29, 0.717) is 17.2 Å². The highest BCUT2D eigenvalue weighted by molar-refractivity contribution is 6.02. The van der Waals surface area contributed by atoms with Crippen LogP contribution in [0.4, 0.5) is 14.5 Å². The van der Waals surface area contributed by atoms with Crippen molar-refractivity contribution >= 4 is 11.6 Å². The number of carbonyl (C=O) groups is 1. The molecule has 1 N–H and O–H groups in total. The molecule has 3 rings (SSSR count). The largest absolute Gasteiger partial charge is 0.493 e. The molecule has 1 aromatic heterocycles. The van der Waals surface area contributed by atoms with Gasteiger partial charge in [0.1, 0.15) is 18.1 Å². The molecule has 0 aliphatic rings. The second-order valence-corrected chi connectivity index (χ2v) is 6.07. The van der Waals surface area contributed by atoms with Crippen LogP contribution in [0.15, 0.2) is 59.0 Å². The Labute approximate surface area is 166 Å². The van der Waals surface area contributed by atoms with Crippen molar-refractivity contribution in [3.05, 3.63) is 71.7 Å². The Balaban J connectivity index is 1.62.